The number of nitro benzene ring substituents is 1. The number of nitrogens with zero attached hydrogens (tertiary/aromatic N) is 3. The molecule has 0 spiro atoms. The third kappa shape index (κ3) is 5.63. The van der Waals surface area contributed by atoms with Crippen LogP contribution in [0.25, 0.3) is 0 Å². The van der Waals surface area contributed by atoms with E-state index < -0.39 is 14.6 Å². The number of hydrogen-bond acceptors (Lipinski definition) is 6. The average Bonchev–Trinajstić information content (AvgIpc) is 2.57. The number of aromatic nitrogens is 2. The Morgan fingerprint density at radius 3 is 2.96 bits per heavy atom. The monoisotopic (exact) mass is 447 g/mol. The van der Waals surface area contributed by atoms with E-state index in [1.165, 1.54) is 29.6 Å². The van der Waals surface area contributed by atoms with Gasteiger partial charge in [0.2, 0.25) is 5.28 Å². The fourth-order valence-electron chi connectivity index (χ4n) is 1.93. The smallest absolute Gasteiger partial charge is 0.270 e. The van der Waals surface area contributed by atoms with Crippen LogP contribution < -0.4 is 10.5 Å². The van der Waals surface area contributed by atoms with Crippen molar-refractivity contribution >= 4 is 54.1 Å². The molecule has 11 heteroatoms. The van der Waals surface area contributed by atoms with Gasteiger partial charge in [-0.15, -0.1) is 0 Å². The molecule has 8 nitrogen and oxygen atoms in total. The van der Waals surface area contributed by atoms with Crippen LogP contribution in [0.5, 0.6) is 0 Å². The molecule has 0 aliphatic rings. The molecule has 0 saturated carbocycles. The molecular weight excluding hydrogens is 434 g/mol. The lowest BCUT2D eigenvalue weighted by Gasteiger charge is -2.07. The standard InChI is InChI=1S/C14H15BrClN5O3S/c15-12-9-19-14(16)20-13(12)18-6-1-2-7-25(17,24)11-5-3-4-10(8-11)21(22)23/h3-5,7-9H,1-2,6H2,(H2,17,24)(H,18,19,20). The Morgan fingerprint density at radius 2 is 2.24 bits per heavy atom. The molecular formula is C14H15BrClN5O3S. The van der Waals surface area contributed by atoms with Crippen molar-refractivity contribution in [3.05, 3.63) is 50.3 Å². The zero-order valence-corrected chi connectivity index (χ0v) is 16.1. The second-order valence-electron chi connectivity index (χ2n) is 4.97. The summed E-state index contributed by atoms with van der Waals surface area (Å²) in [7, 11) is -2.94. The number of nitrogens with one attached hydrogen (secondary N) is 1. The highest BCUT2D eigenvalue weighted by Gasteiger charge is 2.11. The number of anilines is 1. The fraction of sp³-hybridized carbons (Fsp3) is 0.214. The predicted octanol–water partition coefficient (Wildman–Crippen LogP) is 3.01. The number of rotatable bonds is 7. The van der Waals surface area contributed by atoms with Crippen LogP contribution in [0.3, 0.4) is 0 Å². The first-order valence-electron chi connectivity index (χ1n) is 7.11. The van der Waals surface area contributed by atoms with Crippen molar-refractivity contribution in [1.29, 1.82) is 0 Å². The Kier molecular flexibility index (Phi) is 6.71. The normalized spacial score (nSPS) is 13.1. The zero-order chi connectivity index (χ0) is 18.4. The van der Waals surface area contributed by atoms with Crippen LogP contribution in [-0.4, -0.2) is 31.0 Å². The Bertz CT molecular complexity index is 902. The number of nitro groups is 1. The number of unbranched alkanes of at least 4 members (excludes halogenated alkanes) is 1. The summed E-state index contributed by atoms with van der Waals surface area (Å²) >= 11 is 9.03. The lowest BCUT2D eigenvalue weighted by Crippen LogP contribution is -2.16. The molecule has 1 unspecified atom stereocenters. The first-order chi connectivity index (χ1) is 11.8. The summed E-state index contributed by atoms with van der Waals surface area (Å²) in [6, 6.07) is 5.54. The number of hydrogen-bond donors (Lipinski definition) is 2. The predicted molar refractivity (Wildman–Crippen MR) is 102 cm³/mol. The second-order valence-corrected chi connectivity index (χ2v) is 8.27. The van der Waals surface area contributed by atoms with Crippen LogP contribution in [0.2, 0.25) is 5.28 Å². The van der Waals surface area contributed by atoms with Crippen molar-refractivity contribution in [3.63, 3.8) is 0 Å². The van der Waals surface area contributed by atoms with Crippen LogP contribution in [0.4, 0.5) is 11.5 Å². The van der Waals surface area contributed by atoms with Gasteiger partial charge in [0.25, 0.3) is 5.69 Å². The molecule has 0 fully saturated rings. The minimum absolute atomic E-state index is 0.132. The van der Waals surface area contributed by atoms with E-state index in [0.717, 1.165) is 0 Å². The molecule has 25 heavy (non-hydrogen) atoms. The fourth-order valence-corrected chi connectivity index (χ4v) is 3.70. The summed E-state index contributed by atoms with van der Waals surface area (Å²) in [5.74, 6) is 0.562. The maximum atomic E-state index is 12.5. The maximum Gasteiger partial charge on any atom is 0.270 e. The van der Waals surface area contributed by atoms with Gasteiger partial charge in [0.1, 0.15) is 5.82 Å². The third-order valence-corrected chi connectivity index (χ3v) is 5.63. The summed E-state index contributed by atoms with van der Waals surface area (Å²) in [5.41, 5.74) is -0.142. The van der Waals surface area contributed by atoms with Crippen molar-refractivity contribution < 1.29 is 9.13 Å². The summed E-state index contributed by atoms with van der Waals surface area (Å²) in [6.45, 7) is 0.549. The molecule has 0 radical (unpaired) electrons. The van der Waals surface area contributed by atoms with E-state index in [1.54, 1.807) is 6.20 Å². The topological polar surface area (TPSA) is 124 Å². The van der Waals surface area contributed by atoms with Crippen LogP contribution in [0.1, 0.15) is 12.8 Å². The summed E-state index contributed by atoms with van der Waals surface area (Å²) < 4.78 is 13.2. The highest BCUT2D eigenvalue weighted by atomic mass is 79.9. The van der Waals surface area contributed by atoms with Crippen molar-refractivity contribution in [2.75, 3.05) is 11.9 Å². The van der Waals surface area contributed by atoms with Crippen LogP contribution in [-0.2, 0) is 9.71 Å². The molecule has 2 rings (SSSR count). The van der Waals surface area contributed by atoms with E-state index in [2.05, 4.69) is 31.2 Å². The third-order valence-electron chi connectivity index (χ3n) is 3.15. The molecule has 0 bridgehead atoms. The molecule has 134 valence electrons. The lowest BCUT2D eigenvalue weighted by atomic mass is 10.3. The summed E-state index contributed by atoms with van der Waals surface area (Å²) in [4.78, 5) is 18.3. The van der Waals surface area contributed by atoms with Crippen LogP contribution in [0.15, 0.2) is 39.8 Å². The minimum atomic E-state index is -2.94. The van der Waals surface area contributed by atoms with Gasteiger partial charge >= 0.3 is 0 Å². The molecule has 1 atom stereocenters. The van der Waals surface area contributed by atoms with Crippen molar-refractivity contribution in [2.24, 2.45) is 5.14 Å². The Morgan fingerprint density at radius 1 is 1.48 bits per heavy atom. The zero-order valence-electron chi connectivity index (χ0n) is 12.9. The van der Waals surface area contributed by atoms with Crippen LogP contribution >= 0.6 is 27.5 Å². The molecule has 1 aromatic carbocycles. The number of non-ortho nitro benzene ring substituents is 1. The van der Waals surface area contributed by atoms with Gasteiger partial charge in [-0.1, -0.05) is 6.07 Å². The Balaban J connectivity index is 1.96. The molecule has 2 aromatic rings. The highest BCUT2D eigenvalue weighted by molar-refractivity contribution is 9.10. The number of benzene rings is 1. The molecule has 0 saturated heterocycles. The van der Waals surface area contributed by atoms with E-state index in [0.29, 0.717) is 29.7 Å². The van der Waals surface area contributed by atoms with E-state index in [9.17, 15) is 14.3 Å². The van der Waals surface area contributed by atoms with Gasteiger partial charge in [-0.2, -0.15) is 4.98 Å². The number of halogens is 2. The highest BCUT2D eigenvalue weighted by Crippen LogP contribution is 2.20. The average molecular weight is 449 g/mol. The van der Waals surface area contributed by atoms with Gasteiger partial charge in [-0.3, -0.25) is 15.3 Å². The first kappa shape index (κ1) is 19.6. The van der Waals surface area contributed by atoms with Gasteiger partial charge in [-0.25, -0.2) is 9.19 Å². The van der Waals surface area contributed by atoms with E-state index in [4.69, 9.17) is 16.7 Å². The quantitative estimate of drug-likeness (QED) is 0.220. The lowest BCUT2D eigenvalue weighted by molar-refractivity contribution is -0.385. The number of nitrogens with two attached hydrogens (primary N) is 1. The molecule has 3 N–H and O–H groups in total. The molecule has 0 amide bonds. The SMILES string of the molecule is NS(=O)(=CCCCNc1nc(Cl)ncc1Br)c1cccc([N+](=O)[O-])c1. The summed E-state index contributed by atoms with van der Waals surface area (Å²) in [5, 5.41) is 21.3. The first-order valence-corrected chi connectivity index (χ1v) is 9.97. The van der Waals surface area contributed by atoms with E-state index in [-0.39, 0.29) is 15.9 Å². The van der Waals surface area contributed by atoms with Gasteiger partial charge < -0.3 is 5.32 Å². The van der Waals surface area contributed by atoms with Crippen molar-refractivity contribution in [3.8, 4) is 0 Å². The largest absolute Gasteiger partial charge is 0.369 e. The van der Waals surface area contributed by atoms with Gasteiger partial charge in [-0.05, 0) is 51.8 Å². The molecule has 1 heterocycles. The van der Waals surface area contributed by atoms with E-state index >= 15 is 0 Å². The molecule has 1 aromatic heterocycles. The molecule has 0 aliphatic heterocycles. The van der Waals surface area contributed by atoms with E-state index in [1.807, 2.05) is 0 Å². The Hall–Kier alpha value is -1.75. The van der Waals surface area contributed by atoms with Gasteiger partial charge in [0.05, 0.1) is 24.0 Å². The van der Waals surface area contributed by atoms with Gasteiger partial charge in [0, 0.05) is 24.9 Å². The van der Waals surface area contributed by atoms with Crippen molar-refractivity contribution in [1.82, 2.24) is 9.97 Å². The second kappa shape index (κ2) is 8.56. The molecule has 0 aliphatic carbocycles. The maximum absolute atomic E-state index is 12.5. The van der Waals surface area contributed by atoms with Gasteiger partial charge in [0.15, 0.2) is 0 Å². The Labute approximate surface area is 158 Å². The van der Waals surface area contributed by atoms with Crippen molar-refractivity contribution in [2.45, 2.75) is 17.7 Å². The van der Waals surface area contributed by atoms with Crippen LogP contribution in [0, 0.1) is 10.1 Å². The minimum Gasteiger partial charge on any atom is -0.369 e. The summed E-state index contributed by atoms with van der Waals surface area (Å²) in [6.07, 6.45) is 2.64.